The molecule has 1 aromatic heterocycles. The third kappa shape index (κ3) is 4.91. The highest BCUT2D eigenvalue weighted by Crippen LogP contribution is 2.25. The van der Waals surface area contributed by atoms with Gasteiger partial charge >= 0.3 is 5.97 Å². The molecule has 5 heteroatoms. The van der Waals surface area contributed by atoms with Gasteiger partial charge in [0.25, 0.3) is 0 Å². The fourth-order valence-corrected chi connectivity index (χ4v) is 2.77. The van der Waals surface area contributed by atoms with Gasteiger partial charge in [-0.15, -0.1) is 0 Å². The Morgan fingerprint density at radius 1 is 1.00 bits per heavy atom. The molecule has 140 valence electrons. The van der Waals surface area contributed by atoms with Gasteiger partial charge in [0, 0.05) is 12.0 Å². The maximum absolute atomic E-state index is 10.7. The molecule has 0 bridgehead atoms. The van der Waals surface area contributed by atoms with E-state index in [0.717, 1.165) is 33.9 Å². The van der Waals surface area contributed by atoms with Crippen LogP contribution in [0.5, 0.6) is 11.5 Å². The highest BCUT2D eigenvalue weighted by atomic mass is 16.5. The van der Waals surface area contributed by atoms with Crippen LogP contribution in [0.25, 0.3) is 11.1 Å². The van der Waals surface area contributed by atoms with Gasteiger partial charge in [0.1, 0.15) is 29.6 Å². The van der Waals surface area contributed by atoms with Crippen molar-refractivity contribution < 1.29 is 23.8 Å². The molecule has 1 N–H and O–H groups in total. The van der Waals surface area contributed by atoms with Gasteiger partial charge in [-0.2, -0.15) is 0 Å². The van der Waals surface area contributed by atoms with Crippen LogP contribution in [0.2, 0.25) is 0 Å². The van der Waals surface area contributed by atoms with Crippen LogP contribution in [0, 0.1) is 6.92 Å². The van der Waals surface area contributed by atoms with Crippen molar-refractivity contribution in [1.29, 1.82) is 0 Å². The average Bonchev–Trinajstić information content (AvgIpc) is 3.05. The summed E-state index contributed by atoms with van der Waals surface area (Å²) in [4.78, 5) is 10.7. The van der Waals surface area contributed by atoms with Gasteiger partial charge in [-0.05, 0) is 48.4 Å². The van der Waals surface area contributed by atoms with E-state index in [4.69, 9.17) is 19.0 Å². The molecule has 0 aliphatic rings. The second kappa shape index (κ2) is 8.45. The molecule has 0 radical (unpaired) electrons. The molecule has 0 saturated carbocycles. The first-order valence-electron chi connectivity index (χ1n) is 8.72. The number of carboxylic acid groups (broad SMARTS) is 1. The van der Waals surface area contributed by atoms with Gasteiger partial charge in [-0.25, -0.2) is 0 Å². The number of furan rings is 1. The van der Waals surface area contributed by atoms with E-state index in [-0.39, 0.29) is 6.42 Å². The van der Waals surface area contributed by atoms with Crippen LogP contribution < -0.4 is 9.47 Å². The van der Waals surface area contributed by atoms with E-state index >= 15 is 0 Å². The van der Waals surface area contributed by atoms with Crippen molar-refractivity contribution in [3.05, 3.63) is 71.7 Å². The zero-order valence-corrected chi connectivity index (χ0v) is 15.4. The molecule has 27 heavy (non-hydrogen) atoms. The molecule has 0 amide bonds. The molecule has 0 unspecified atom stereocenters. The van der Waals surface area contributed by atoms with Crippen LogP contribution in [0.3, 0.4) is 0 Å². The first-order valence-corrected chi connectivity index (χ1v) is 8.72. The number of ether oxygens (including phenoxy) is 2. The molecule has 3 aromatic rings. The summed E-state index contributed by atoms with van der Waals surface area (Å²) < 4.78 is 16.6. The summed E-state index contributed by atoms with van der Waals surface area (Å²) >= 11 is 0. The fraction of sp³-hybridized carbons (Fsp3) is 0.227. The van der Waals surface area contributed by atoms with Gasteiger partial charge in [-0.1, -0.05) is 24.3 Å². The Hall–Kier alpha value is -3.21. The summed E-state index contributed by atoms with van der Waals surface area (Å²) in [6, 6.07) is 17.6. The van der Waals surface area contributed by atoms with E-state index in [9.17, 15) is 4.79 Å². The summed E-state index contributed by atoms with van der Waals surface area (Å²) in [5.41, 5.74) is 3.13. The van der Waals surface area contributed by atoms with E-state index < -0.39 is 5.97 Å². The number of hydrogen-bond acceptors (Lipinski definition) is 4. The van der Waals surface area contributed by atoms with Crippen molar-refractivity contribution in [2.24, 2.45) is 0 Å². The Labute approximate surface area is 158 Å². The van der Waals surface area contributed by atoms with Crippen LogP contribution in [0.4, 0.5) is 0 Å². The highest BCUT2D eigenvalue weighted by molar-refractivity contribution is 5.67. The quantitative estimate of drug-likeness (QED) is 0.616. The molecule has 0 atom stereocenters. The zero-order valence-electron chi connectivity index (χ0n) is 15.4. The number of benzene rings is 2. The first kappa shape index (κ1) is 18.6. The molecule has 3 rings (SSSR count). The third-order valence-corrected chi connectivity index (χ3v) is 4.33. The Morgan fingerprint density at radius 2 is 1.59 bits per heavy atom. The minimum Gasteiger partial charge on any atom is -0.497 e. The number of carbonyl (C=O) groups is 1. The summed E-state index contributed by atoms with van der Waals surface area (Å²) in [5, 5.41) is 8.76. The highest BCUT2D eigenvalue weighted by Gasteiger charge is 2.10. The third-order valence-electron chi connectivity index (χ3n) is 4.33. The first-order chi connectivity index (χ1) is 13.0. The minimum atomic E-state index is -0.834. The standard InChI is InChI=1S/C22H22O5/c1-15-18(13-21(27-15)11-12-22(23)24)14-26-20-9-5-17(6-10-20)16-3-7-19(25-2)8-4-16/h3-10,13H,11-12,14H2,1-2H3,(H,23,24). The molecule has 5 nitrogen and oxygen atoms in total. The summed E-state index contributed by atoms with van der Waals surface area (Å²) in [6.45, 7) is 2.24. The van der Waals surface area contributed by atoms with Crippen LogP contribution in [-0.2, 0) is 17.8 Å². The summed E-state index contributed by atoms with van der Waals surface area (Å²) in [6.07, 6.45) is 0.437. The smallest absolute Gasteiger partial charge is 0.303 e. The van der Waals surface area contributed by atoms with E-state index in [1.54, 1.807) is 7.11 Å². The molecule has 0 saturated heterocycles. The Bertz CT molecular complexity index is 891. The Kier molecular flexibility index (Phi) is 5.81. The summed E-state index contributed by atoms with van der Waals surface area (Å²) in [7, 11) is 1.65. The lowest BCUT2D eigenvalue weighted by atomic mass is 10.1. The molecular weight excluding hydrogens is 344 g/mol. The molecule has 2 aromatic carbocycles. The van der Waals surface area contributed by atoms with E-state index in [1.807, 2.05) is 61.5 Å². The van der Waals surface area contributed by atoms with Crippen molar-refractivity contribution in [2.45, 2.75) is 26.4 Å². The van der Waals surface area contributed by atoms with Crippen molar-refractivity contribution >= 4 is 5.97 Å². The number of methoxy groups -OCH3 is 1. The lowest BCUT2D eigenvalue weighted by molar-refractivity contribution is -0.137. The minimum absolute atomic E-state index is 0.0556. The molecule has 0 aliphatic carbocycles. The second-order valence-corrected chi connectivity index (χ2v) is 6.23. The van der Waals surface area contributed by atoms with Crippen LogP contribution >= 0.6 is 0 Å². The van der Waals surface area contributed by atoms with Crippen molar-refractivity contribution in [3.63, 3.8) is 0 Å². The average molecular weight is 366 g/mol. The SMILES string of the molecule is COc1ccc(-c2ccc(OCc3cc(CCC(=O)O)oc3C)cc2)cc1. The number of hydrogen-bond donors (Lipinski definition) is 1. The Morgan fingerprint density at radius 3 is 2.15 bits per heavy atom. The number of aryl methyl sites for hydroxylation is 2. The van der Waals surface area contributed by atoms with Crippen molar-refractivity contribution in [3.8, 4) is 22.6 Å². The van der Waals surface area contributed by atoms with Crippen molar-refractivity contribution in [1.82, 2.24) is 0 Å². The molecule has 0 fully saturated rings. The van der Waals surface area contributed by atoms with E-state index in [0.29, 0.717) is 18.8 Å². The maximum atomic E-state index is 10.7. The fourth-order valence-electron chi connectivity index (χ4n) is 2.77. The predicted octanol–water partition coefficient (Wildman–Crippen LogP) is 4.86. The Balaban J connectivity index is 1.61. The van der Waals surface area contributed by atoms with Gasteiger partial charge in [0.15, 0.2) is 0 Å². The molecular formula is C22H22O5. The molecule has 0 spiro atoms. The van der Waals surface area contributed by atoms with Gasteiger partial charge in [0.2, 0.25) is 0 Å². The molecule has 1 heterocycles. The normalized spacial score (nSPS) is 10.6. The lowest BCUT2D eigenvalue weighted by Gasteiger charge is -2.07. The topological polar surface area (TPSA) is 68.9 Å². The number of rotatable bonds is 8. The van der Waals surface area contributed by atoms with E-state index in [1.165, 1.54) is 0 Å². The largest absolute Gasteiger partial charge is 0.497 e. The van der Waals surface area contributed by atoms with Crippen LogP contribution in [0.1, 0.15) is 23.5 Å². The van der Waals surface area contributed by atoms with Crippen LogP contribution in [0.15, 0.2) is 59.0 Å². The van der Waals surface area contributed by atoms with Crippen LogP contribution in [-0.4, -0.2) is 18.2 Å². The zero-order chi connectivity index (χ0) is 19.2. The maximum Gasteiger partial charge on any atom is 0.303 e. The van der Waals surface area contributed by atoms with E-state index in [2.05, 4.69) is 0 Å². The predicted molar refractivity (Wildman–Crippen MR) is 102 cm³/mol. The second-order valence-electron chi connectivity index (χ2n) is 6.23. The van der Waals surface area contributed by atoms with Gasteiger partial charge < -0.3 is 19.0 Å². The summed E-state index contributed by atoms with van der Waals surface area (Å²) in [5.74, 6) is 2.18. The monoisotopic (exact) mass is 366 g/mol. The van der Waals surface area contributed by atoms with Gasteiger partial charge in [0.05, 0.1) is 13.5 Å². The van der Waals surface area contributed by atoms with Crippen molar-refractivity contribution in [2.75, 3.05) is 7.11 Å². The molecule has 0 aliphatic heterocycles. The number of carboxylic acids is 1. The lowest BCUT2D eigenvalue weighted by Crippen LogP contribution is -1.96. The number of aliphatic carboxylic acids is 1. The van der Waals surface area contributed by atoms with Gasteiger partial charge in [-0.3, -0.25) is 4.79 Å².